The summed E-state index contributed by atoms with van der Waals surface area (Å²) in [7, 11) is 0. The molecule has 21 heavy (non-hydrogen) atoms. The lowest BCUT2D eigenvalue weighted by Gasteiger charge is -2.08. The van der Waals surface area contributed by atoms with Crippen molar-refractivity contribution in [1.29, 1.82) is 0 Å². The van der Waals surface area contributed by atoms with Gasteiger partial charge in [0.1, 0.15) is 5.75 Å². The van der Waals surface area contributed by atoms with Crippen molar-refractivity contribution in [1.82, 2.24) is 15.3 Å². The molecule has 0 spiro atoms. The molecule has 2 aromatic rings. The van der Waals surface area contributed by atoms with E-state index in [0.29, 0.717) is 11.9 Å². The maximum absolute atomic E-state index is 5.63. The molecule has 0 radical (unpaired) electrons. The average Bonchev–Trinajstić information content (AvgIpc) is 2.49. The van der Waals surface area contributed by atoms with Gasteiger partial charge in [-0.05, 0) is 36.6 Å². The van der Waals surface area contributed by atoms with Crippen LogP contribution >= 0.6 is 0 Å². The van der Waals surface area contributed by atoms with Crippen LogP contribution in [0.5, 0.6) is 11.8 Å². The summed E-state index contributed by atoms with van der Waals surface area (Å²) in [4.78, 5) is 8.48. The van der Waals surface area contributed by atoms with Crippen LogP contribution < -0.4 is 10.1 Å². The second-order valence-corrected chi connectivity index (χ2v) is 5.50. The number of benzene rings is 1. The first-order valence-electron chi connectivity index (χ1n) is 7.45. The number of nitrogens with one attached hydrogen (secondary N) is 1. The highest BCUT2D eigenvalue weighted by Gasteiger charge is 2.02. The summed E-state index contributed by atoms with van der Waals surface area (Å²) in [5, 5.41) is 3.36. The summed E-state index contributed by atoms with van der Waals surface area (Å²) < 4.78 is 5.63. The van der Waals surface area contributed by atoms with Gasteiger partial charge in [-0.1, -0.05) is 32.9 Å². The third-order valence-electron chi connectivity index (χ3n) is 3.10. The Kier molecular flexibility index (Phi) is 5.69. The molecule has 1 N–H and O–H groups in total. The Morgan fingerprint density at radius 3 is 2.29 bits per heavy atom. The van der Waals surface area contributed by atoms with E-state index in [2.05, 4.69) is 48.2 Å². The fourth-order valence-electron chi connectivity index (χ4n) is 1.89. The third kappa shape index (κ3) is 5.16. The highest BCUT2D eigenvalue weighted by molar-refractivity contribution is 5.29. The Morgan fingerprint density at radius 2 is 1.71 bits per heavy atom. The van der Waals surface area contributed by atoms with Crippen LogP contribution in [0.2, 0.25) is 0 Å². The molecule has 0 amide bonds. The maximum Gasteiger partial charge on any atom is 0.321 e. The molecule has 2 rings (SSSR count). The number of hydrogen-bond donors (Lipinski definition) is 1. The smallest absolute Gasteiger partial charge is 0.321 e. The molecule has 4 heteroatoms. The highest BCUT2D eigenvalue weighted by atomic mass is 16.5. The van der Waals surface area contributed by atoms with Gasteiger partial charge in [-0.2, -0.15) is 0 Å². The van der Waals surface area contributed by atoms with Crippen LogP contribution in [0.1, 0.15) is 31.9 Å². The molecular formula is C17H23N3O. The van der Waals surface area contributed by atoms with E-state index in [0.717, 1.165) is 30.8 Å². The Balaban J connectivity index is 1.89. The fourth-order valence-corrected chi connectivity index (χ4v) is 1.89. The van der Waals surface area contributed by atoms with Crippen LogP contribution in [0, 0.1) is 5.92 Å². The van der Waals surface area contributed by atoms with Crippen LogP contribution in [-0.4, -0.2) is 16.5 Å². The predicted octanol–water partition coefficient (Wildman–Crippen LogP) is 3.58. The molecule has 112 valence electrons. The lowest BCUT2D eigenvalue weighted by molar-refractivity contribution is 0.440. The van der Waals surface area contributed by atoms with Crippen LogP contribution in [0.3, 0.4) is 0 Å². The molecule has 4 nitrogen and oxygen atoms in total. The predicted molar refractivity (Wildman–Crippen MR) is 84.5 cm³/mol. The van der Waals surface area contributed by atoms with E-state index in [1.165, 1.54) is 5.56 Å². The van der Waals surface area contributed by atoms with Gasteiger partial charge in [-0.15, -0.1) is 0 Å². The van der Waals surface area contributed by atoms with Crippen molar-refractivity contribution >= 4 is 0 Å². The molecule has 0 aliphatic heterocycles. The molecule has 0 saturated heterocycles. The number of ether oxygens (including phenoxy) is 1. The van der Waals surface area contributed by atoms with Gasteiger partial charge in [-0.3, -0.25) is 0 Å². The minimum absolute atomic E-state index is 0.381. The summed E-state index contributed by atoms with van der Waals surface area (Å²) in [6, 6.07) is 8.38. The van der Waals surface area contributed by atoms with Gasteiger partial charge >= 0.3 is 6.01 Å². The zero-order valence-electron chi connectivity index (χ0n) is 13.0. The van der Waals surface area contributed by atoms with Gasteiger partial charge in [0.05, 0.1) is 0 Å². The van der Waals surface area contributed by atoms with E-state index < -0.39 is 0 Å². The highest BCUT2D eigenvalue weighted by Crippen LogP contribution is 2.18. The van der Waals surface area contributed by atoms with Gasteiger partial charge in [-0.25, -0.2) is 9.97 Å². The van der Waals surface area contributed by atoms with Crippen molar-refractivity contribution < 1.29 is 4.74 Å². The largest absolute Gasteiger partial charge is 0.424 e. The Bertz CT molecular complexity index is 535. The third-order valence-corrected chi connectivity index (χ3v) is 3.10. The average molecular weight is 285 g/mol. The molecule has 1 aromatic heterocycles. The van der Waals surface area contributed by atoms with E-state index in [-0.39, 0.29) is 0 Å². The number of aryl methyl sites for hydroxylation is 1. The van der Waals surface area contributed by atoms with Crippen LogP contribution in [-0.2, 0) is 13.0 Å². The first-order chi connectivity index (χ1) is 10.2. The number of nitrogens with zero attached hydrogens (tertiary/aromatic N) is 2. The van der Waals surface area contributed by atoms with Crippen LogP contribution in [0.4, 0.5) is 0 Å². The molecule has 0 bridgehead atoms. The minimum atomic E-state index is 0.381. The SMILES string of the molecule is CCc1ccc(Oc2ncc(CNCC(C)C)cn2)cc1. The topological polar surface area (TPSA) is 47.0 Å². The Labute approximate surface area is 126 Å². The van der Waals surface area contributed by atoms with Gasteiger partial charge in [0, 0.05) is 24.5 Å². The van der Waals surface area contributed by atoms with Gasteiger partial charge in [0.15, 0.2) is 0 Å². The Morgan fingerprint density at radius 1 is 1.05 bits per heavy atom. The normalized spacial score (nSPS) is 10.9. The van der Waals surface area contributed by atoms with Crippen LogP contribution in [0.15, 0.2) is 36.7 Å². The van der Waals surface area contributed by atoms with E-state index in [4.69, 9.17) is 4.74 Å². The number of rotatable bonds is 7. The molecule has 0 fully saturated rings. The summed E-state index contributed by atoms with van der Waals surface area (Å²) >= 11 is 0. The standard InChI is InChI=1S/C17H23N3O/c1-4-14-5-7-16(8-6-14)21-17-19-11-15(12-20-17)10-18-9-13(2)3/h5-8,11-13,18H,4,9-10H2,1-3H3. The molecule has 0 saturated carbocycles. The number of aromatic nitrogens is 2. The van der Waals surface area contributed by atoms with E-state index in [1.807, 2.05) is 12.1 Å². The number of hydrogen-bond acceptors (Lipinski definition) is 4. The fraction of sp³-hybridized carbons (Fsp3) is 0.412. The van der Waals surface area contributed by atoms with Gasteiger partial charge in [0.25, 0.3) is 0 Å². The van der Waals surface area contributed by atoms with Gasteiger partial charge < -0.3 is 10.1 Å². The van der Waals surface area contributed by atoms with E-state index in [9.17, 15) is 0 Å². The van der Waals surface area contributed by atoms with Crippen molar-refractivity contribution in [2.45, 2.75) is 33.7 Å². The lowest BCUT2D eigenvalue weighted by atomic mass is 10.2. The van der Waals surface area contributed by atoms with E-state index >= 15 is 0 Å². The molecular weight excluding hydrogens is 262 g/mol. The molecule has 0 aliphatic carbocycles. The summed E-state index contributed by atoms with van der Waals surface area (Å²) in [5.41, 5.74) is 2.35. The van der Waals surface area contributed by atoms with E-state index in [1.54, 1.807) is 12.4 Å². The van der Waals surface area contributed by atoms with Crippen molar-refractivity contribution in [3.05, 3.63) is 47.8 Å². The second kappa shape index (κ2) is 7.74. The monoisotopic (exact) mass is 285 g/mol. The molecule has 0 atom stereocenters. The lowest BCUT2D eigenvalue weighted by Crippen LogP contribution is -2.19. The first kappa shape index (κ1) is 15.4. The molecule has 0 aliphatic rings. The maximum atomic E-state index is 5.63. The zero-order valence-corrected chi connectivity index (χ0v) is 13.0. The van der Waals surface area contributed by atoms with Gasteiger partial charge in [0.2, 0.25) is 0 Å². The minimum Gasteiger partial charge on any atom is -0.424 e. The Hall–Kier alpha value is -1.94. The quantitative estimate of drug-likeness (QED) is 0.844. The van der Waals surface area contributed by atoms with Crippen molar-refractivity contribution in [3.63, 3.8) is 0 Å². The van der Waals surface area contributed by atoms with Crippen LogP contribution in [0.25, 0.3) is 0 Å². The summed E-state index contributed by atoms with van der Waals surface area (Å²) in [6.07, 6.45) is 4.63. The summed E-state index contributed by atoms with van der Waals surface area (Å²) in [6.45, 7) is 8.27. The molecule has 1 aromatic carbocycles. The molecule has 1 heterocycles. The second-order valence-electron chi connectivity index (χ2n) is 5.50. The van der Waals surface area contributed by atoms with Crippen molar-refractivity contribution in [3.8, 4) is 11.8 Å². The first-order valence-corrected chi connectivity index (χ1v) is 7.45. The van der Waals surface area contributed by atoms with Crippen molar-refractivity contribution in [2.24, 2.45) is 5.92 Å². The van der Waals surface area contributed by atoms with Crippen molar-refractivity contribution in [2.75, 3.05) is 6.54 Å². The summed E-state index contributed by atoms with van der Waals surface area (Å²) in [5.74, 6) is 1.40. The molecule has 0 unspecified atom stereocenters. The zero-order chi connectivity index (χ0) is 15.1.